The Labute approximate surface area is 121 Å². The van der Waals surface area contributed by atoms with E-state index in [1.807, 2.05) is 6.34 Å². The third-order valence-electron chi connectivity index (χ3n) is 5.02. The highest BCUT2D eigenvalue weighted by Gasteiger charge is 2.34. The summed E-state index contributed by atoms with van der Waals surface area (Å²) in [6, 6.07) is 0.998. The van der Waals surface area contributed by atoms with Gasteiger partial charge in [-0.05, 0) is 38.6 Å². The van der Waals surface area contributed by atoms with Crippen LogP contribution in [0.2, 0.25) is 0 Å². The van der Waals surface area contributed by atoms with Crippen LogP contribution in [0.4, 0.5) is 0 Å². The van der Waals surface area contributed by atoms with Gasteiger partial charge in [0, 0.05) is 12.6 Å². The second-order valence-corrected chi connectivity index (χ2v) is 6.54. The van der Waals surface area contributed by atoms with Crippen molar-refractivity contribution in [3.8, 4) is 0 Å². The van der Waals surface area contributed by atoms with Gasteiger partial charge in [-0.2, -0.15) is 0 Å². The molecule has 3 rings (SSSR count). The Morgan fingerprint density at radius 2 is 2.10 bits per heavy atom. The lowest BCUT2D eigenvalue weighted by Gasteiger charge is -2.34. The zero-order chi connectivity index (χ0) is 13.9. The minimum atomic E-state index is -0.396. The Bertz CT molecular complexity index is 350. The summed E-state index contributed by atoms with van der Waals surface area (Å²) in [5.41, 5.74) is 0. The minimum absolute atomic E-state index is 0.0421. The Balaban J connectivity index is 1.48. The van der Waals surface area contributed by atoms with E-state index < -0.39 is 6.10 Å². The lowest BCUT2D eigenvalue weighted by atomic mass is 9.90. The molecule has 3 unspecified atom stereocenters. The maximum absolute atomic E-state index is 10.3. The number of hydrogen-bond donors (Lipinski definition) is 3. The monoisotopic (exact) mass is 281 g/mol. The molecule has 0 spiro atoms. The van der Waals surface area contributed by atoms with Gasteiger partial charge in [-0.1, -0.05) is 12.8 Å². The zero-order valence-corrected chi connectivity index (χ0v) is 12.1. The van der Waals surface area contributed by atoms with Crippen molar-refractivity contribution in [3.05, 3.63) is 0 Å². The maximum atomic E-state index is 10.3. The average molecular weight is 281 g/mol. The van der Waals surface area contributed by atoms with Gasteiger partial charge in [-0.15, -0.1) is 0 Å². The first-order chi connectivity index (χ1) is 9.74. The predicted octanol–water partition coefficient (Wildman–Crippen LogP) is 0.505. The van der Waals surface area contributed by atoms with E-state index in [2.05, 4.69) is 15.2 Å². The van der Waals surface area contributed by atoms with Gasteiger partial charge in [-0.3, -0.25) is 4.99 Å². The molecular formula is C15H27N3O2. The Morgan fingerprint density at radius 1 is 1.25 bits per heavy atom. The van der Waals surface area contributed by atoms with Crippen LogP contribution < -0.4 is 5.32 Å². The van der Waals surface area contributed by atoms with Crippen LogP contribution in [0.5, 0.6) is 0 Å². The van der Waals surface area contributed by atoms with Crippen LogP contribution in [0.15, 0.2) is 4.99 Å². The van der Waals surface area contributed by atoms with E-state index >= 15 is 0 Å². The number of nitrogens with one attached hydrogen (secondary N) is 1. The SMILES string of the molecule is OC(C[C@H]1NCCC[C@@H]1O)CN1C=NC2CCCCC21. The Hall–Kier alpha value is -0.650. The summed E-state index contributed by atoms with van der Waals surface area (Å²) in [5.74, 6) is 0. The molecule has 114 valence electrons. The Morgan fingerprint density at radius 3 is 2.95 bits per heavy atom. The number of aliphatic imine (C=N–C) groups is 1. The van der Waals surface area contributed by atoms with Gasteiger partial charge in [-0.25, -0.2) is 0 Å². The molecule has 5 atom stereocenters. The van der Waals surface area contributed by atoms with Crippen molar-refractivity contribution in [2.24, 2.45) is 4.99 Å². The van der Waals surface area contributed by atoms with Gasteiger partial charge < -0.3 is 20.4 Å². The average Bonchev–Trinajstić information content (AvgIpc) is 2.85. The molecule has 3 aliphatic rings. The smallest absolute Gasteiger partial charge is 0.0858 e. The number of fused-ring (bicyclic) bond motifs is 1. The summed E-state index contributed by atoms with van der Waals surface area (Å²) in [6.45, 7) is 1.60. The maximum Gasteiger partial charge on any atom is 0.0858 e. The van der Waals surface area contributed by atoms with E-state index in [0.29, 0.717) is 25.0 Å². The van der Waals surface area contributed by atoms with Crippen molar-refractivity contribution < 1.29 is 10.2 Å². The molecule has 5 nitrogen and oxygen atoms in total. The summed E-state index contributed by atoms with van der Waals surface area (Å²) in [6.07, 6.45) is 8.68. The van der Waals surface area contributed by atoms with Crippen molar-refractivity contribution in [1.82, 2.24) is 10.2 Å². The first-order valence-corrected chi connectivity index (χ1v) is 8.12. The second-order valence-electron chi connectivity index (χ2n) is 6.54. The van der Waals surface area contributed by atoms with E-state index in [9.17, 15) is 10.2 Å². The molecule has 1 saturated carbocycles. The highest BCUT2D eigenvalue weighted by molar-refractivity contribution is 5.59. The molecule has 0 aromatic carbocycles. The van der Waals surface area contributed by atoms with Crippen LogP contribution in [0.25, 0.3) is 0 Å². The Kier molecular flexibility index (Phi) is 4.58. The molecule has 1 aliphatic carbocycles. The first kappa shape index (κ1) is 14.3. The topological polar surface area (TPSA) is 68.1 Å². The molecule has 1 saturated heterocycles. The molecule has 3 N–H and O–H groups in total. The molecule has 5 heteroatoms. The van der Waals surface area contributed by atoms with Crippen LogP contribution in [0.3, 0.4) is 0 Å². The predicted molar refractivity (Wildman–Crippen MR) is 78.9 cm³/mol. The fourth-order valence-corrected chi connectivity index (χ4v) is 3.88. The summed E-state index contributed by atoms with van der Waals surface area (Å²) < 4.78 is 0. The van der Waals surface area contributed by atoms with Crippen LogP contribution in [-0.2, 0) is 0 Å². The van der Waals surface area contributed by atoms with Crippen LogP contribution in [-0.4, -0.2) is 64.9 Å². The van der Waals surface area contributed by atoms with Gasteiger partial charge in [0.2, 0.25) is 0 Å². The second kappa shape index (κ2) is 6.41. The highest BCUT2D eigenvalue weighted by atomic mass is 16.3. The molecule has 2 aliphatic heterocycles. The number of nitrogens with zero attached hydrogens (tertiary/aromatic N) is 2. The lowest BCUT2D eigenvalue weighted by molar-refractivity contribution is 0.0485. The molecule has 0 radical (unpaired) electrons. The van der Waals surface area contributed by atoms with Crippen molar-refractivity contribution in [3.63, 3.8) is 0 Å². The largest absolute Gasteiger partial charge is 0.392 e. The van der Waals surface area contributed by atoms with Gasteiger partial charge in [0.15, 0.2) is 0 Å². The van der Waals surface area contributed by atoms with Crippen molar-refractivity contribution >= 4 is 6.34 Å². The number of β-amino-alcohol motifs (C(OH)–C–C–N with tert-alkyl or cyclic N) is 1. The highest BCUT2D eigenvalue weighted by Crippen LogP contribution is 2.28. The van der Waals surface area contributed by atoms with E-state index in [-0.39, 0.29) is 12.1 Å². The van der Waals surface area contributed by atoms with E-state index in [4.69, 9.17) is 0 Å². The quantitative estimate of drug-likeness (QED) is 0.702. The van der Waals surface area contributed by atoms with E-state index in [0.717, 1.165) is 19.4 Å². The third-order valence-corrected chi connectivity index (χ3v) is 5.02. The number of aliphatic hydroxyl groups is 2. The molecule has 2 fully saturated rings. The first-order valence-electron chi connectivity index (χ1n) is 8.12. The van der Waals surface area contributed by atoms with E-state index in [1.54, 1.807) is 0 Å². The zero-order valence-electron chi connectivity index (χ0n) is 12.1. The fraction of sp³-hybridized carbons (Fsp3) is 0.933. The van der Waals surface area contributed by atoms with Crippen LogP contribution in [0, 0.1) is 0 Å². The standard InChI is InChI=1S/C15H27N3O2/c19-11(8-13-15(20)6-3-7-16-13)9-18-10-17-12-4-1-2-5-14(12)18/h10-16,19-20H,1-9H2/t11?,12?,13-,14?,15+/m1/s1. The minimum Gasteiger partial charge on any atom is -0.392 e. The summed E-state index contributed by atoms with van der Waals surface area (Å²) in [4.78, 5) is 6.80. The van der Waals surface area contributed by atoms with Gasteiger partial charge in [0.25, 0.3) is 0 Å². The molecular weight excluding hydrogens is 254 g/mol. The molecule has 0 aromatic rings. The number of aliphatic hydroxyl groups excluding tert-OH is 2. The molecule has 0 amide bonds. The van der Waals surface area contributed by atoms with Crippen molar-refractivity contribution in [2.75, 3.05) is 13.1 Å². The van der Waals surface area contributed by atoms with Crippen LogP contribution >= 0.6 is 0 Å². The summed E-state index contributed by atoms with van der Waals surface area (Å²) in [5, 5.41) is 23.6. The normalized spacial score (nSPS) is 38.8. The molecule has 2 heterocycles. The van der Waals surface area contributed by atoms with E-state index in [1.165, 1.54) is 25.7 Å². The molecule has 0 bridgehead atoms. The molecule has 20 heavy (non-hydrogen) atoms. The lowest BCUT2D eigenvalue weighted by Crippen LogP contribution is -2.49. The van der Waals surface area contributed by atoms with Gasteiger partial charge in [0.1, 0.15) is 0 Å². The summed E-state index contributed by atoms with van der Waals surface area (Å²) in [7, 11) is 0. The fourth-order valence-electron chi connectivity index (χ4n) is 3.88. The van der Waals surface area contributed by atoms with Gasteiger partial charge in [0.05, 0.1) is 30.6 Å². The van der Waals surface area contributed by atoms with Gasteiger partial charge >= 0.3 is 0 Å². The van der Waals surface area contributed by atoms with Crippen LogP contribution in [0.1, 0.15) is 44.9 Å². The molecule has 0 aromatic heterocycles. The van der Waals surface area contributed by atoms with Crippen molar-refractivity contribution in [1.29, 1.82) is 0 Å². The number of piperidine rings is 1. The summed E-state index contributed by atoms with van der Waals surface area (Å²) >= 11 is 0. The number of hydrogen-bond acceptors (Lipinski definition) is 5. The van der Waals surface area contributed by atoms with Crippen molar-refractivity contribution in [2.45, 2.75) is 75.3 Å². The third kappa shape index (κ3) is 3.15. The number of rotatable bonds is 4.